The molecule has 0 saturated carbocycles. The molecule has 15 heavy (non-hydrogen) atoms. The third-order valence-electron chi connectivity index (χ3n) is 1.69. The maximum absolute atomic E-state index is 11.3. The molecule has 1 rings (SSSR count). The lowest BCUT2D eigenvalue weighted by molar-refractivity contribution is 0.0599. The van der Waals surface area contributed by atoms with Crippen molar-refractivity contribution in [3.05, 3.63) is 33.8 Å². The van der Waals surface area contributed by atoms with E-state index in [0.29, 0.717) is 4.47 Å². The van der Waals surface area contributed by atoms with Crippen LogP contribution >= 0.6 is 27.8 Å². The average Bonchev–Trinajstić information content (AvgIpc) is 2.27. The van der Waals surface area contributed by atoms with E-state index in [0.717, 1.165) is 0 Å². The minimum atomic E-state index is -0.741. The highest BCUT2D eigenvalue weighted by molar-refractivity contribution is 9.10. The van der Waals surface area contributed by atoms with E-state index in [-0.39, 0.29) is 11.1 Å². The molecule has 0 atom stereocenters. The molecule has 0 amide bonds. The van der Waals surface area contributed by atoms with E-state index >= 15 is 0 Å². The maximum atomic E-state index is 11.3. The zero-order valence-corrected chi connectivity index (χ0v) is 9.96. The van der Waals surface area contributed by atoms with Gasteiger partial charge in [0.25, 0.3) is 0 Å². The van der Waals surface area contributed by atoms with Crippen LogP contribution < -0.4 is 0 Å². The molecule has 0 fully saturated rings. The average molecular weight is 294 g/mol. The number of rotatable bonds is 2. The van der Waals surface area contributed by atoms with Crippen LogP contribution in [0.1, 0.15) is 20.7 Å². The molecular formula is C9H6BrClO4. The van der Waals surface area contributed by atoms with Crippen LogP contribution in [0, 0.1) is 0 Å². The maximum Gasteiger partial charge on any atom is 0.357 e. The molecule has 0 aromatic heterocycles. The predicted octanol–water partition coefficient (Wildman–Crippen LogP) is 2.55. The Hall–Kier alpha value is -1.07. The van der Waals surface area contributed by atoms with E-state index in [1.54, 1.807) is 0 Å². The standard InChI is InChI=1S/C9H6BrClO4/c1-14-8(12)5-3-2-4-6(7(5)10)9(13)15-11/h2-4H,1H3. The van der Waals surface area contributed by atoms with E-state index in [2.05, 4.69) is 25.0 Å². The molecule has 0 aliphatic carbocycles. The number of hydrogen-bond donors (Lipinski definition) is 0. The molecule has 0 heterocycles. The Morgan fingerprint density at radius 1 is 1.27 bits per heavy atom. The van der Waals surface area contributed by atoms with Crippen LogP contribution in [0.4, 0.5) is 0 Å². The number of methoxy groups -OCH3 is 1. The summed E-state index contributed by atoms with van der Waals surface area (Å²) in [6, 6.07) is 4.52. The first-order valence-corrected chi connectivity index (χ1v) is 4.91. The van der Waals surface area contributed by atoms with Crippen LogP contribution in [0.3, 0.4) is 0 Å². The van der Waals surface area contributed by atoms with Crippen molar-refractivity contribution in [2.45, 2.75) is 0 Å². The first-order valence-electron chi connectivity index (χ1n) is 3.81. The Balaban J connectivity index is 3.23. The van der Waals surface area contributed by atoms with Gasteiger partial charge in [-0.15, -0.1) is 0 Å². The fourth-order valence-corrected chi connectivity index (χ4v) is 1.67. The highest BCUT2D eigenvalue weighted by Crippen LogP contribution is 2.23. The first kappa shape index (κ1) is 12.0. The summed E-state index contributed by atoms with van der Waals surface area (Å²) in [6.45, 7) is 0. The second-order valence-electron chi connectivity index (χ2n) is 2.52. The van der Waals surface area contributed by atoms with Crippen molar-refractivity contribution in [3.63, 3.8) is 0 Å². The van der Waals surface area contributed by atoms with E-state index in [9.17, 15) is 9.59 Å². The molecule has 4 nitrogen and oxygen atoms in total. The summed E-state index contributed by atoms with van der Waals surface area (Å²) < 4.78 is 8.86. The molecular weight excluding hydrogens is 287 g/mol. The van der Waals surface area contributed by atoms with Crippen LogP contribution in [-0.2, 0) is 9.03 Å². The minimum absolute atomic E-state index is 0.160. The summed E-state index contributed by atoms with van der Waals surface area (Å²) in [5.41, 5.74) is 0.393. The van der Waals surface area contributed by atoms with Gasteiger partial charge in [-0.05, 0) is 28.1 Å². The van der Waals surface area contributed by atoms with Gasteiger partial charge in [0.15, 0.2) is 0 Å². The number of halogens is 2. The summed E-state index contributed by atoms with van der Waals surface area (Å²) in [7, 11) is 1.25. The Bertz CT molecular complexity index is 371. The van der Waals surface area contributed by atoms with Gasteiger partial charge in [-0.2, -0.15) is 0 Å². The van der Waals surface area contributed by atoms with E-state index < -0.39 is 11.9 Å². The van der Waals surface area contributed by atoms with Crippen LogP contribution in [0.5, 0.6) is 0 Å². The van der Waals surface area contributed by atoms with Crippen molar-refractivity contribution in [3.8, 4) is 0 Å². The van der Waals surface area contributed by atoms with Crippen LogP contribution in [-0.4, -0.2) is 19.0 Å². The number of carbonyl (C=O) groups is 2. The van der Waals surface area contributed by atoms with E-state index in [1.807, 2.05) is 0 Å². The highest BCUT2D eigenvalue weighted by Gasteiger charge is 2.18. The van der Waals surface area contributed by atoms with Crippen molar-refractivity contribution in [2.24, 2.45) is 0 Å². The molecule has 1 aromatic rings. The molecule has 80 valence electrons. The number of ether oxygens (including phenoxy) is 1. The van der Waals surface area contributed by atoms with Crippen molar-refractivity contribution < 1.29 is 18.6 Å². The van der Waals surface area contributed by atoms with Crippen molar-refractivity contribution in [1.82, 2.24) is 0 Å². The zero-order chi connectivity index (χ0) is 11.4. The molecule has 0 unspecified atom stereocenters. The molecule has 0 saturated heterocycles. The quantitative estimate of drug-likeness (QED) is 0.786. The zero-order valence-electron chi connectivity index (χ0n) is 7.62. The van der Waals surface area contributed by atoms with Crippen LogP contribution in [0.15, 0.2) is 22.7 Å². The van der Waals surface area contributed by atoms with Gasteiger partial charge in [0.1, 0.15) is 11.9 Å². The third-order valence-corrected chi connectivity index (χ3v) is 2.69. The number of benzene rings is 1. The minimum Gasteiger partial charge on any atom is -0.465 e. The highest BCUT2D eigenvalue weighted by atomic mass is 79.9. The molecule has 1 aromatic carbocycles. The fraction of sp³-hybridized carbons (Fsp3) is 0.111. The van der Waals surface area contributed by atoms with E-state index in [1.165, 1.54) is 25.3 Å². The Kier molecular flexibility index (Phi) is 4.11. The van der Waals surface area contributed by atoms with Crippen molar-refractivity contribution >= 4 is 39.7 Å². The van der Waals surface area contributed by atoms with Gasteiger partial charge in [-0.25, -0.2) is 9.59 Å². The Labute approximate surface area is 99.4 Å². The molecule has 6 heteroatoms. The van der Waals surface area contributed by atoms with Gasteiger partial charge in [0.2, 0.25) is 0 Å². The van der Waals surface area contributed by atoms with Gasteiger partial charge in [-0.1, -0.05) is 6.07 Å². The largest absolute Gasteiger partial charge is 0.465 e. The van der Waals surface area contributed by atoms with Crippen molar-refractivity contribution in [1.29, 1.82) is 0 Å². The number of esters is 1. The van der Waals surface area contributed by atoms with Gasteiger partial charge >= 0.3 is 11.9 Å². The van der Waals surface area contributed by atoms with E-state index in [4.69, 9.17) is 11.9 Å². The second kappa shape index (κ2) is 5.14. The number of hydrogen-bond acceptors (Lipinski definition) is 4. The van der Waals surface area contributed by atoms with Gasteiger partial charge in [-0.3, -0.25) is 0 Å². The summed E-state index contributed by atoms with van der Waals surface area (Å²) in [6.07, 6.45) is 0. The SMILES string of the molecule is COC(=O)c1cccc(C(=O)OCl)c1Br. The predicted molar refractivity (Wildman–Crippen MR) is 56.8 cm³/mol. The van der Waals surface area contributed by atoms with Gasteiger partial charge < -0.3 is 9.03 Å². The smallest absolute Gasteiger partial charge is 0.357 e. The van der Waals surface area contributed by atoms with Crippen LogP contribution in [0.2, 0.25) is 0 Å². The second-order valence-corrected chi connectivity index (χ2v) is 3.47. The van der Waals surface area contributed by atoms with Gasteiger partial charge in [0, 0.05) is 4.47 Å². The molecule has 0 aliphatic rings. The molecule has 0 radical (unpaired) electrons. The number of carbonyl (C=O) groups excluding carboxylic acids is 2. The molecule has 0 bridgehead atoms. The fourth-order valence-electron chi connectivity index (χ4n) is 0.999. The lowest BCUT2D eigenvalue weighted by atomic mass is 10.1. The topological polar surface area (TPSA) is 52.6 Å². The molecule has 0 N–H and O–H groups in total. The lowest BCUT2D eigenvalue weighted by Crippen LogP contribution is -2.07. The monoisotopic (exact) mass is 292 g/mol. The summed E-state index contributed by atoms with van der Waals surface area (Å²) >= 11 is 8.04. The Morgan fingerprint density at radius 2 is 1.80 bits per heavy atom. The molecule has 0 spiro atoms. The first-order chi connectivity index (χ1) is 7.11. The van der Waals surface area contributed by atoms with Gasteiger partial charge in [0.05, 0.1) is 18.2 Å². The van der Waals surface area contributed by atoms with Crippen molar-refractivity contribution in [2.75, 3.05) is 7.11 Å². The summed E-state index contributed by atoms with van der Waals surface area (Å²) in [5, 5.41) is 0. The summed E-state index contributed by atoms with van der Waals surface area (Å²) in [4.78, 5) is 22.4. The molecule has 0 aliphatic heterocycles. The lowest BCUT2D eigenvalue weighted by Gasteiger charge is -2.05. The Morgan fingerprint density at radius 3 is 2.27 bits per heavy atom. The summed E-state index contributed by atoms with van der Waals surface area (Å²) in [5.74, 6) is -1.29. The normalized spacial score (nSPS) is 9.53. The van der Waals surface area contributed by atoms with Crippen LogP contribution in [0.25, 0.3) is 0 Å². The third kappa shape index (κ3) is 2.49.